The normalized spacial score (nSPS) is 54.1. The summed E-state index contributed by atoms with van der Waals surface area (Å²) in [5, 5.41) is 95.1. The summed E-state index contributed by atoms with van der Waals surface area (Å²) in [5.74, 6) is -0.324. The number of fused-ring (bicyclic) bond motifs is 7. The standard InChI is InChI=1S/C42H68O14/c1-37(2)13-15-42(36(51)52)16-14-40(5)21(22(42)17-37)7-8-26-38(3)11-10-27(39(4,20-44)25(38)9-12-41(26,40)6)56-35-33(50)31(48)29(46)24(55-35)19-53-34-32(49)30(47)28(45)23(18-43)54-34/h7,22-35,43-50H,8-20H2,1-6H3,(H,51,52)/t22-,23+,24+,25+,26+,27-,28+,29+,30-,31-,32+,33+,34+,35-,38-,39-,40+,41+,42-/m0/s1. The third-order valence-corrected chi connectivity index (χ3v) is 17.4. The fourth-order valence-corrected chi connectivity index (χ4v) is 13.6. The van der Waals surface area contributed by atoms with E-state index < -0.39 is 97.5 Å². The van der Waals surface area contributed by atoms with Crippen molar-refractivity contribution in [3.63, 3.8) is 0 Å². The second-order valence-electron chi connectivity index (χ2n) is 20.5. The Balaban J connectivity index is 1.10. The van der Waals surface area contributed by atoms with Gasteiger partial charge in [-0.05, 0) is 104 Å². The van der Waals surface area contributed by atoms with Gasteiger partial charge in [0.2, 0.25) is 0 Å². The van der Waals surface area contributed by atoms with E-state index in [1.165, 1.54) is 5.57 Å². The van der Waals surface area contributed by atoms with Crippen molar-refractivity contribution in [3.8, 4) is 0 Å². The van der Waals surface area contributed by atoms with Crippen molar-refractivity contribution in [2.45, 2.75) is 173 Å². The Morgan fingerprint density at radius 3 is 2.02 bits per heavy atom. The molecule has 0 amide bonds. The molecule has 0 radical (unpaired) electrons. The number of carboxylic acid groups (broad SMARTS) is 1. The summed E-state index contributed by atoms with van der Waals surface area (Å²) >= 11 is 0. The van der Waals surface area contributed by atoms with E-state index in [4.69, 9.17) is 18.9 Å². The smallest absolute Gasteiger partial charge is 0.310 e. The Hall–Kier alpha value is -1.27. The van der Waals surface area contributed by atoms with Crippen molar-refractivity contribution < 1.29 is 69.7 Å². The van der Waals surface area contributed by atoms with E-state index in [1.54, 1.807) is 0 Å². The Labute approximate surface area is 330 Å². The van der Waals surface area contributed by atoms with Crippen LogP contribution in [0.15, 0.2) is 11.6 Å². The maximum Gasteiger partial charge on any atom is 0.310 e. The molecule has 5 aliphatic carbocycles. The number of carboxylic acids is 1. The maximum atomic E-state index is 13.0. The molecular weight excluding hydrogens is 728 g/mol. The van der Waals surface area contributed by atoms with Gasteiger partial charge in [0, 0.05) is 5.41 Å². The average Bonchev–Trinajstić information content (AvgIpc) is 3.15. The zero-order chi connectivity index (χ0) is 41.0. The lowest BCUT2D eigenvalue weighted by Gasteiger charge is -2.71. The van der Waals surface area contributed by atoms with E-state index in [9.17, 15) is 50.8 Å². The molecule has 14 heteroatoms. The molecule has 0 aromatic carbocycles. The van der Waals surface area contributed by atoms with E-state index in [0.717, 1.165) is 44.9 Å². The second-order valence-corrected chi connectivity index (χ2v) is 20.5. The third-order valence-electron chi connectivity index (χ3n) is 17.4. The van der Waals surface area contributed by atoms with Crippen LogP contribution in [0.5, 0.6) is 0 Å². The third kappa shape index (κ3) is 6.29. The van der Waals surface area contributed by atoms with E-state index in [2.05, 4.69) is 40.7 Å². The van der Waals surface area contributed by atoms with E-state index >= 15 is 0 Å². The molecule has 2 aliphatic heterocycles. The first-order valence-corrected chi connectivity index (χ1v) is 21.0. The van der Waals surface area contributed by atoms with Crippen LogP contribution in [0.4, 0.5) is 0 Å². The van der Waals surface area contributed by atoms with Gasteiger partial charge < -0.3 is 64.9 Å². The van der Waals surface area contributed by atoms with Crippen molar-refractivity contribution in [2.75, 3.05) is 19.8 Å². The number of aliphatic hydroxyl groups excluding tert-OH is 8. The van der Waals surface area contributed by atoms with Crippen LogP contribution in [0.25, 0.3) is 0 Å². The molecule has 0 aromatic rings. The predicted molar refractivity (Wildman–Crippen MR) is 199 cm³/mol. The van der Waals surface area contributed by atoms with E-state index in [-0.39, 0.29) is 46.0 Å². The van der Waals surface area contributed by atoms with Gasteiger partial charge in [-0.2, -0.15) is 0 Å². The molecule has 6 fully saturated rings. The number of hydrogen-bond acceptors (Lipinski definition) is 13. The van der Waals surface area contributed by atoms with Crippen molar-refractivity contribution in [2.24, 2.45) is 50.2 Å². The summed E-state index contributed by atoms with van der Waals surface area (Å²) in [6, 6.07) is 0. The fourth-order valence-electron chi connectivity index (χ4n) is 13.6. The number of ether oxygens (including phenoxy) is 4. The molecule has 56 heavy (non-hydrogen) atoms. The van der Waals surface area contributed by atoms with Gasteiger partial charge in [-0.1, -0.05) is 53.2 Å². The lowest BCUT2D eigenvalue weighted by molar-refractivity contribution is -0.347. The molecule has 7 aliphatic rings. The maximum absolute atomic E-state index is 13.0. The highest BCUT2D eigenvalue weighted by atomic mass is 16.7. The first-order valence-electron chi connectivity index (χ1n) is 21.0. The van der Waals surface area contributed by atoms with Crippen LogP contribution in [-0.2, 0) is 23.7 Å². The lowest BCUT2D eigenvalue weighted by atomic mass is 9.33. The number of aliphatic hydroxyl groups is 8. The average molecular weight is 797 g/mol. The Bertz CT molecular complexity index is 1500. The van der Waals surface area contributed by atoms with Crippen LogP contribution < -0.4 is 0 Å². The van der Waals surface area contributed by atoms with Crippen LogP contribution in [0.3, 0.4) is 0 Å². The number of hydrogen-bond donors (Lipinski definition) is 9. The molecule has 320 valence electrons. The number of aliphatic carboxylic acids is 1. The van der Waals surface area contributed by atoms with Crippen molar-refractivity contribution in [3.05, 3.63) is 11.6 Å². The molecule has 0 spiro atoms. The minimum absolute atomic E-state index is 0.0138. The van der Waals surface area contributed by atoms with Gasteiger partial charge in [0.1, 0.15) is 48.8 Å². The quantitative estimate of drug-likeness (QED) is 0.126. The number of allylic oxidation sites excluding steroid dienone is 2. The van der Waals surface area contributed by atoms with Crippen molar-refractivity contribution in [1.82, 2.24) is 0 Å². The Kier molecular flexibility index (Phi) is 11.3. The first-order chi connectivity index (χ1) is 26.1. The summed E-state index contributed by atoms with van der Waals surface area (Å²) in [7, 11) is 0. The highest BCUT2D eigenvalue weighted by Gasteiger charge is 2.70. The number of rotatable bonds is 8. The first kappa shape index (κ1) is 42.8. The minimum atomic E-state index is -1.68. The molecule has 2 heterocycles. The van der Waals surface area contributed by atoms with Crippen molar-refractivity contribution >= 4 is 5.97 Å². The van der Waals surface area contributed by atoms with E-state index in [1.807, 2.05) is 6.92 Å². The molecule has 14 nitrogen and oxygen atoms in total. The lowest BCUT2D eigenvalue weighted by Crippen LogP contribution is -2.67. The Morgan fingerprint density at radius 2 is 1.38 bits per heavy atom. The van der Waals surface area contributed by atoms with Gasteiger partial charge in [0.05, 0.1) is 31.3 Å². The van der Waals surface area contributed by atoms with Gasteiger partial charge >= 0.3 is 5.97 Å². The summed E-state index contributed by atoms with van der Waals surface area (Å²) in [4.78, 5) is 13.0. The molecule has 19 atom stereocenters. The topological polar surface area (TPSA) is 236 Å². The molecule has 0 unspecified atom stereocenters. The molecule has 4 saturated carbocycles. The molecular formula is C42H68O14. The zero-order valence-electron chi connectivity index (χ0n) is 33.9. The van der Waals surface area contributed by atoms with Gasteiger partial charge in [0.15, 0.2) is 12.6 Å². The van der Waals surface area contributed by atoms with Crippen molar-refractivity contribution in [1.29, 1.82) is 0 Å². The monoisotopic (exact) mass is 796 g/mol. The van der Waals surface area contributed by atoms with Gasteiger partial charge in [-0.3, -0.25) is 4.79 Å². The molecule has 0 bridgehead atoms. The molecule has 0 aromatic heterocycles. The fraction of sp³-hybridized carbons (Fsp3) is 0.929. The second kappa shape index (κ2) is 14.7. The highest BCUT2D eigenvalue weighted by Crippen LogP contribution is 2.76. The Morgan fingerprint density at radius 1 is 0.750 bits per heavy atom. The van der Waals surface area contributed by atoms with Crippen LogP contribution in [0.2, 0.25) is 0 Å². The highest BCUT2D eigenvalue weighted by molar-refractivity contribution is 5.76. The van der Waals surface area contributed by atoms with E-state index in [0.29, 0.717) is 19.3 Å². The SMILES string of the molecule is CC1(C)CC[C@]2(C(=O)O)CC[C@]3(C)C(=CC[C@@H]4[C@@]5(C)CC[C@H](O[C@@H]6O[C@H](CO[C@@H]7O[C@H](CO)[C@@H](O)[C@H](O)[C@H]7O)[C@@H](O)[C@H](O)[C@H]6O)[C@@](C)(CO)[C@@H]5CC[C@]43C)[C@@H]2C1. The molecule has 2 saturated heterocycles. The van der Waals surface area contributed by atoms with Gasteiger partial charge in [-0.25, -0.2) is 0 Å². The predicted octanol–water partition coefficient (Wildman–Crippen LogP) is 1.85. The van der Waals surface area contributed by atoms with Crippen LogP contribution in [0, 0.1) is 50.2 Å². The number of carbonyl (C=O) groups is 1. The zero-order valence-corrected chi connectivity index (χ0v) is 33.9. The minimum Gasteiger partial charge on any atom is -0.481 e. The summed E-state index contributed by atoms with van der Waals surface area (Å²) in [6.45, 7) is 12.5. The van der Waals surface area contributed by atoms with Crippen LogP contribution in [0.1, 0.15) is 106 Å². The van der Waals surface area contributed by atoms with Crippen LogP contribution >= 0.6 is 0 Å². The van der Waals surface area contributed by atoms with Gasteiger partial charge in [-0.15, -0.1) is 0 Å². The summed E-state index contributed by atoms with van der Waals surface area (Å²) < 4.78 is 23.6. The summed E-state index contributed by atoms with van der Waals surface area (Å²) in [6.07, 6.45) is -5.44. The van der Waals surface area contributed by atoms with Gasteiger partial charge in [0.25, 0.3) is 0 Å². The molecule has 9 N–H and O–H groups in total. The van der Waals surface area contributed by atoms with Crippen LogP contribution in [-0.4, -0.2) is 139 Å². The largest absolute Gasteiger partial charge is 0.481 e. The molecule has 7 rings (SSSR count). The summed E-state index contributed by atoms with van der Waals surface area (Å²) in [5.41, 5.74) is -0.474.